The molecule has 1 amide bonds. The van der Waals surface area contributed by atoms with Gasteiger partial charge in [0.1, 0.15) is 17.1 Å². The van der Waals surface area contributed by atoms with Gasteiger partial charge >= 0.3 is 0 Å². The second-order valence-electron chi connectivity index (χ2n) is 11.9. The van der Waals surface area contributed by atoms with Crippen molar-refractivity contribution < 1.29 is 24.5 Å². The summed E-state index contributed by atoms with van der Waals surface area (Å²) in [4.78, 5) is 16.2. The molecule has 0 spiro atoms. The van der Waals surface area contributed by atoms with E-state index in [1.807, 2.05) is 96.8 Å². The molecule has 1 heterocycles. The maximum Gasteiger partial charge on any atom is 0.229 e. The molecule has 0 radical (unpaired) electrons. The van der Waals surface area contributed by atoms with Crippen molar-refractivity contribution in [2.24, 2.45) is 11.8 Å². The van der Waals surface area contributed by atoms with Crippen LogP contribution in [0.1, 0.15) is 41.5 Å². The van der Waals surface area contributed by atoms with Gasteiger partial charge in [0.2, 0.25) is 5.91 Å². The predicted octanol–water partition coefficient (Wildman–Crippen LogP) is 5.52. The third-order valence-corrected chi connectivity index (χ3v) is 9.95. The van der Waals surface area contributed by atoms with Crippen LogP contribution in [0.2, 0.25) is 0 Å². The molecule has 1 saturated heterocycles. The Hall–Kier alpha value is -4.13. The third kappa shape index (κ3) is 4.60. The lowest BCUT2D eigenvalue weighted by Crippen LogP contribution is -2.60. The summed E-state index contributed by atoms with van der Waals surface area (Å²) in [6, 6.07) is 35.4. The van der Waals surface area contributed by atoms with E-state index in [0.29, 0.717) is 23.6 Å². The molecule has 2 fully saturated rings. The van der Waals surface area contributed by atoms with E-state index >= 15 is 0 Å². The zero-order valence-electron chi connectivity index (χ0n) is 24.9. The number of carbonyl (C=O) groups excluding carboxylic acids is 1. The molecule has 5 atom stereocenters. The summed E-state index contributed by atoms with van der Waals surface area (Å²) in [6.45, 7) is 2.62. The molecule has 1 aliphatic heterocycles. The van der Waals surface area contributed by atoms with Gasteiger partial charge in [-0.15, -0.1) is 0 Å². The Morgan fingerprint density at radius 3 is 1.88 bits per heavy atom. The fraction of sp³-hybridized carbons (Fsp3) is 0.324. The van der Waals surface area contributed by atoms with Crippen molar-refractivity contribution in [1.82, 2.24) is 4.90 Å². The number of rotatable bonds is 7. The fourth-order valence-corrected chi connectivity index (χ4v) is 7.88. The summed E-state index contributed by atoms with van der Waals surface area (Å²) in [5.41, 5.74) is 1.19. The molecule has 4 aromatic rings. The molecule has 6 heteroatoms. The van der Waals surface area contributed by atoms with Gasteiger partial charge in [-0.1, -0.05) is 97.1 Å². The van der Waals surface area contributed by atoms with E-state index in [0.717, 1.165) is 16.7 Å². The van der Waals surface area contributed by atoms with Crippen LogP contribution in [0.25, 0.3) is 0 Å². The second-order valence-corrected chi connectivity index (χ2v) is 11.9. The summed E-state index contributed by atoms with van der Waals surface area (Å²) in [7, 11) is 3.19. The topological polar surface area (TPSA) is 79.2 Å². The molecule has 1 saturated carbocycles. The molecule has 0 unspecified atom stereocenters. The standard InChI is InChI=1S/C37H39NO5/c1-25(28-18-10-12-20-32(28)42-2)35(40)38-23-30-31(24-38)37(41,29-19-11-13-21-33(29)43-3)34(39)22-36(30,26-14-6-4-7-15-26)27-16-8-5-9-17-27/h4-21,25,30-31,34,39,41H,22-24H2,1-3H3/t25-,30+,31-,34+,37-/m0/s1. The molecular weight excluding hydrogens is 538 g/mol. The highest BCUT2D eigenvalue weighted by Gasteiger charge is 2.65. The van der Waals surface area contributed by atoms with Crippen molar-refractivity contribution >= 4 is 5.91 Å². The molecule has 4 aromatic carbocycles. The molecule has 6 nitrogen and oxygen atoms in total. The van der Waals surface area contributed by atoms with Crippen LogP contribution >= 0.6 is 0 Å². The highest BCUT2D eigenvalue weighted by molar-refractivity contribution is 5.84. The van der Waals surface area contributed by atoms with Crippen LogP contribution in [0.3, 0.4) is 0 Å². The fourth-order valence-electron chi connectivity index (χ4n) is 7.88. The lowest BCUT2D eigenvalue weighted by Gasteiger charge is -2.55. The van der Waals surface area contributed by atoms with Crippen LogP contribution in [0.15, 0.2) is 109 Å². The van der Waals surface area contributed by atoms with Gasteiger partial charge in [-0.3, -0.25) is 4.79 Å². The number of hydrogen-bond acceptors (Lipinski definition) is 5. The van der Waals surface area contributed by atoms with E-state index in [-0.39, 0.29) is 24.8 Å². The van der Waals surface area contributed by atoms with Crippen LogP contribution < -0.4 is 9.47 Å². The normalized spacial score (nSPS) is 25.0. The van der Waals surface area contributed by atoms with Gasteiger partial charge in [-0.05, 0) is 42.5 Å². The van der Waals surface area contributed by atoms with Crippen molar-refractivity contribution in [1.29, 1.82) is 0 Å². The Balaban J connectivity index is 1.52. The van der Waals surface area contributed by atoms with Gasteiger partial charge < -0.3 is 24.6 Å². The first kappa shape index (κ1) is 29.0. The summed E-state index contributed by atoms with van der Waals surface area (Å²) in [6.07, 6.45) is -0.854. The number of aliphatic hydroxyl groups excluding tert-OH is 1. The molecule has 0 aromatic heterocycles. The number of benzene rings is 4. The second kappa shape index (κ2) is 11.5. The van der Waals surface area contributed by atoms with E-state index in [1.165, 1.54) is 0 Å². The summed E-state index contributed by atoms with van der Waals surface area (Å²) < 4.78 is 11.3. The number of carbonyl (C=O) groups is 1. The van der Waals surface area contributed by atoms with Crippen molar-refractivity contribution in [3.63, 3.8) is 0 Å². The molecule has 43 heavy (non-hydrogen) atoms. The Bertz CT molecular complexity index is 1530. The predicted molar refractivity (Wildman–Crippen MR) is 166 cm³/mol. The molecule has 2 aliphatic rings. The molecule has 222 valence electrons. The van der Waals surface area contributed by atoms with Gasteiger partial charge in [0, 0.05) is 35.5 Å². The lowest BCUT2D eigenvalue weighted by molar-refractivity contribution is -0.168. The average Bonchev–Trinajstić information content (AvgIpc) is 3.53. The minimum absolute atomic E-state index is 0.0363. The lowest BCUT2D eigenvalue weighted by atomic mass is 9.51. The number of aliphatic hydroxyl groups is 2. The Labute approximate surface area is 253 Å². The van der Waals surface area contributed by atoms with E-state index in [4.69, 9.17) is 9.47 Å². The first-order valence-corrected chi connectivity index (χ1v) is 14.9. The third-order valence-electron chi connectivity index (χ3n) is 9.95. The number of nitrogens with zero attached hydrogens (tertiary/aromatic N) is 1. The highest BCUT2D eigenvalue weighted by Crippen LogP contribution is 2.60. The van der Waals surface area contributed by atoms with Crippen molar-refractivity contribution in [3.05, 3.63) is 131 Å². The van der Waals surface area contributed by atoms with Crippen molar-refractivity contribution in [2.75, 3.05) is 27.3 Å². The van der Waals surface area contributed by atoms with E-state index in [9.17, 15) is 15.0 Å². The SMILES string of the molecule is COc1ccccc1[C@H](C)C(=O)N1C[C@@H]2[C@H](C1)[C@@](O)(c1ccccc1OC)[C@H](O)CC2(c1ccccc1)c1ccccc1. The van der Waals surface area contributed by atoms with Crippen LogP contribution in [0, 0.1) is 11.8 Å². The van der Waals surface area contributed by atoms with Gasteiger partial charge in [0.15, 0.2) is 0 Å². The first-order valence-electron chi connectivity index (χ1n) is 14.9. The smallest absolute Gasteiger partial charge is 0.229 e. The maximum absolute atomic E-state index is 14.3. The molecule has 6 rings (SSSR count). The van der Waals surface area contributed by atoms with Gasteiger partial charge in [0.25, 0.3) is 0 Å². The average molecular weight is 578 g/mol. The minimum atomic E-state index is -1.65. The van der Waals surface area contributed by atoms with Crippen LogP contribution in [-0.2, 0) is 15.8 Å². The monoisotopic (exact) mass is 577 g/mol. The number of likely N-dealkylation sites (tertiary alicyclic amines) is 1. The van der Waals surface area contributed by atoms with Crippen LogP contribution in [0.5, 0.6) is 11.5 Å². The van der Waals surface area contributed by atoms with Gasteiger partial charge in [-0.2, -0.15) is 0 Å². The largest absolute Gasteiger partial charge is 0.496 e. The molecule has 1 aliphatic carbocycles. The summed E-state index contributed by atoms with van der Waals surface area (Å²) >= 11 is 0. The molecular formula is C37H39NO5. The van der Waals surface area contributed by atoms with Crippen LogP contribution in [0.4, 0.5) is 0 Å². The van der Waals surface area contributed by atoms with Crippen molar-refractivity contribution in [2.45, 2.75) is 36.4 Å². The van der Waals surface area contributed by atoms with E-state index in [1.54, 1.807) is 14.2 Å². The number of para-hydroxylation sites is 2. The quantitative estimate of drug-likeness (QED) is 0.303. The number of methoxy groups -OCH3 is 2. The zero-order chi connectivity index (χ0) is 30.2. The Kier molecular flexibility index (Phi) is 7.75. The summed E-state index contributed by atoms with van der Waals surface area (Å²) in [5.74, 6) is 0.00570. The van der Waals surface area contributed by atoms with Crippen LogP contribution in [-0.4, -0.2) is 54.4 Å². The number of amides is 1. The number of ether oxygens (including phenoxy) is 2. The molecule has 0 bridgehead atoms. The van der Waals surface area contributed by atoms with E-state index < -0.39 is 29.0 Å². The minimum Gasteiger partial charge on any atom is -0.496 e. The first-order chi connectivity index (χ1) is 20.9. The van der Waals surface area contributed by atoms with Crippen molar-refractivity contribution in [3.8, 4) is 11.5 Å². The summed E-state index contributed by atoms with van der Waals surface area (Å²) in [5, 5.41) is 24.9. The number of hydrogen-bond donors (Lipinski definition) is 2. The van der Waals surface area contributed by atoms with E-state index in [2.05, 4.69) is 24.3 Å². The highest BCUT2D eigenvalue weighted by atomic mass is 16.5. The molecule has 2 N–H and O–H groups in total. The zero-order valence-corrected chi connectivity index (χ0v) is 24.9. The Morgan fingerprint density at radius 2 is 1.28 bits per heavy atom. The Morgan fingerprint density at radius 1 is 0.767 bits per heavy atom. The maximum atomic E-state index is 14.3. The van der Waals surface area contributed by atoms with Gasteiger partial charge in [-0.25, -0.2) is 0 Å². The van der Waals surface area contributed by atoms with Gasteiger partial charge in [0.05, 0.1) is 26.2 Å². The number of fused-ring (bicyclic) bond motifs is 1.